The maximum Gasteiger partial charge on any atom is 0.408 e. The van der Waals surface area contributed by atoms with E-state index in [4.69, 9.17) is 15.2 Å². The van der Waals surface area contributed by atoms with Crippen LogP contribution in [0.3, 0.4) is 0 Å². The second kappa shape index (κ2) is 9.72. The minimum absolute atomic E-state index is 0.353. The van der Waals surface area contributed by atoms with Crippen LogP contribution in [0.4, 0.5) is 10.5 Å². The number of alkyl carbamates (subject to hydrolysis) is 1. The molecule has 8 nitrogen and oxygen atoms in total. The van der Waals surface area contributed by atoms with E-state index in [0.717, 1.165) is 11.1 Å². The Morgan fingerprint density at radius 1 is 0.875 bits per heavy atom. The number of nitrogens with one attached hydrogen (secondary N) is 2. The summed E-state index contributed by atoms with van der Waals surface area (Å²) in [4.78, 5) is 37.5. The van der Waals surface area contributed by atoms with E-state index in [2.05, 4.69) is 10.6 Å². The third-order valence-corrected chi connectivity index (χ3v) is 4.65. The molecule has 2 rings (SSSR count). The smallest absolute Gasteiger partial charge is 0.408 e. The number of methoxy groups -OCH3 is 1. The molecule has 32 heavy (non-hydrogen) atoms. The molecule has 0 aliphatic carbocycles. The first-order valence-electron chi connectivity index (χ1n) is 10.2. The zero-order chi connectivity index (χ0) is 24.1. The van der Waals surface area contributed by atoms with Crippen LogP contribution < -0.4 is 16.4 Å². The fourth-order valence-electron chi connectivity index (χ4n) is 2.99. The Balaban J connectivity index is 2.17. The van der Waals surface area contributed by atoms with Crippen molar-refractivity contribution in [3.05, 3.63) is 54.1 Å². The fraction of sp³-hybridized carbons (Fsp3) is 0.375. The number of nitrogens with two attached hydrogens (primary N) is 1. The number of ether oxygens (including phenoxy) is 2. The van der Waals surface area contributed by atoms with Gasteiger partial charge in [-0.15, -0.1) is 0 Å². The first-order chi connectivity index (χ1) is 14.8. The molecule has 0 saturated carbocycles. The van der Waals surface area contributed by atoms with Crippen LogP contribution in [0.5, 0.6) is 0 Å². The van der Waals surface area contributed by atoms with Gasteiger partial charge in [-0.25, -0.2) is 9.59 Å². The summed E-state index contributed by atoms with van der Waals surface area (Å²) in [5.74, 6) is -1.18. The zero-order valence-electron chi connectivity index (χ0n) is 19.3. The SMILES string of the molecule is COC(=O)[C@@H](NC(=O)c1ccc(-c2ccc(N)cc2)cc1)C(C)(C)NC(=O)OC(C)(C)C. The van der Waals surface area contributed by atoms with Gasteiger partial charge in [-0.3, -0.25) is 4.79 Å². The Bertz CT molecular complexity index is 961. The van der Waals surface area contributed by atoms with Crippen molar-refractivity contribution in [3.8, 4) is 11.1 Å². The number of benzene rings is 2. The second-order valence-corrected chi connectivity index (χ2v) is 8.98. The molecule has 0 fully saturated rings. The molecule has 0 radical (unpaired) electrons. The third-order valence-electron chi connectivity index (χ3n) is 4.65. The molecule has 4 N–H and O–H groups in total. The number of carbonyl (C=O) groups excluding carboxylic acids is 3. The van der Waals surface area contributed by atoms with Crippen LogP contribution in [0, 0.1) is 0 Å². The monoisotopic (exact) mass is 441 g/mol. The van der Waals surface area contributed by atoms with Gasteiger partial charge in [0, 0.05) is 11.3 Å². The van der Waals surface area contributed by atoms with E-state index in [9.17, 15) is 14.4 Å². The first-order valence-corrected chi connectivity index (χ1v) is 10.2. The Morgan fingerprint density at radius 2 is 1.38 bits per heavy atom. The molecule has 0 aliphatic rings. The number of anilines is 1. The van der Waals surface area contributed by atoms with Crippen molar-refractivity contribution < 1.29 is 23.9 Å². The van der Waals surface area contributed by atoms with Gasteiger partial charge in [-0.1, -0.05) is 24.3 Å². The highest BCUT2D eigenvalue weighted by Gasteiger charge is 2.39. The lowest BCUT2D eigenvalue weighted by Crippen LogP contribution is -2.62. The van der Waals surface area contributed by atoms with Crippen LogP contribution in [0.1, 0.15) is 45.0 Å². The molecule has 2 amide bonds. The van der Waals surface area contributed by atoms with Gasteiger partial charge < -0.3 is 25.8 Å². The van der Waals surface area contributed by atoms with Crippen molar-refractivity contribution in [3.63, 3.8) is 0 Å². The van der Waals surface area contributed by atoms with Gasteiger partial charge >= 0.3 is 12.1 Å². The summed E-state index contributed by atoms with van der Waals surface area (Å²) in [6.07, 6.45) is -0.710. The first kappa shape index (κ1) is 24.7. The van der Waals surface area contributed by atoms with E-state index in [1.54, 1.807) is 71.0 Å². The van der Waals surface area contributed by atoms with E-state index in [0.29, 0.717) is 11.3 Å². The molecule has 0 bridgehead atoms. The van der Waals surface area contributed by atoms with Crippen molar-refractivity contribution >= 4 is 23.7 Å². The minimum Gasteiger partial charge on any atom is -0.467 e. The van der Waals surface area contributed by atoms with Crippen molar-refractivity contribution in [2.75, 3.05) is 12.8 Å². The quantitative estimate of drug-likeness (QED) is 0.466. The van der Waals surface area contributed by atoms with Gasteiger partial charge in [0.25, 0.3) is 5.91 Å². The maximum atomic E-state index is 12.8. The van der Waals surface area contributed by atoms with Crippen LogP contribution in [-0.4, -0.2) is 42.3 Å². The summed E-state index contributed by atoms with van der Waals surface area (Å²) in [6, 6.07) is 13.2. The van der Waals surface area contributed by atoms with Gasteiger partial charge in [0.15, 0.2) is 0 Å². The molecule has 2 aromatic rings. The molecule has 0 aromatic heterocycles. The largest absolute Gasteiger partial charge is 0.467 e. The molecule has 8 heteroatoms. The summed E-state index contributed by atoms with van der Waals surface area (Å²) in [7, 11) is 1.21. The van der Waals surface area contributed by atoms with E-state index in [-0.39, 0.29) is 0 Å². The maximum absolute atomic E-state index is 12.8. The predicted octanol–water partition coefficient (Wildman–Crippen LogP) is 3.51. The number of amides is 2. The molecular weight excluding hydrogens is 410 g/mol. The lowest BCUT2D eigenvalue weighted by atomic mass is 9.94. The van der Waals surface area contributed by atoms with Crippen LogP contribution in [0.2, 0.25) is 0 Å². The van der Waals surface area contributed by atoms with Gasteiger partial charge in [0.2, 0.25) is 0 Å². The highest BCUT2D eigenvalue weighted by Crippen LogP contribution is 2.21. The van der Waals surface area contributed by atoms with Crippen molar-refractivity contribution in [2.45, 2.75) is 51.8 Å². The normalized spacial score (nSPS) is 12.4. The number of carbonyl (C=O) groups is 3. The van der Waals surface area contributed by atoms with Gasteiger partial charge in [0.05, 0.1) is 12.6 Å². The summed E-state index contributed by atoms with van der Waals surface area (Å²) >= 11 is 0. The standard InChI is InChI=1S/C24H31N3O5/c1-23(2,3)32-22(30)27-24(4,5)19(21(29)31-6)26-20(28)17-9-7-15(8-10-17)16-11-13-18(25)14-12-16/h7-14,19H,25H2,1-6H3,(H,26,28)(H,27,30)/t19-/m1/s1. The number of hydrogen-bond acceptors (Lipinski definition) is 6. The topological polar surface area (TPSA) is 120 Å². The van der Waals surface area contributed by atoms with Crippen molar-refractivity contribution in [2.24, 2.45) is 0 Å². The summed E-state index contributed by atoms with van der Waals surface area (Å²) in [5, 5.41) is 5.29. The molecule has 0 unspecified atom stereocenters. The van der Waals surface area contributed by atoms with Crippen LogP contribution in [0.15, 0.2) is 48.5 Å². The Morgan fingerprint density at radius 3 is 1.84 bits per heavy atom. The molecular formula is C24H31N3O5. The molecule has 0 aliphatic heterocycles. The fourth-order valence-corrected chi connectivity index (χ4v) is 2.99. The van der Waals surface area contributed by atoms with Crippen LogP contribution >= 0.6 is 0 Å². The second-order valence-electron chi connectivity index (χ2n) is 8.98. The highest BCUT2D eigenvalue weighted by molar-refractivity contribution is 5.97. The van der Waals surface area contributed by atoms with Crippen molar-refractivity contribution in [1.29, 1.82) is 0 Å². The molecule has 0 heterocycles. The summed E-state index contributed by atoms with van der Waals surface area (Å²) in [6.45, 7) is 8.39. The number of esters is 1. The Hall–Kier alpha value is -3.55. The molecule has 1 atom stereocenters. The molecule has 2 aromatic carbocycles. The van der Waals surface area contributed by atoms with E-state index in [1.807, 2.05) is 12.1 Å². The molecule has 0 spiro atoms. The molecule has 172 valence electrons. The van der Waals surface area contributed by atoms with E-state index in [1.165, 1.54) is 7.11 Å². The third kappa shape index (κ3) is 6.73. The highest BCUT2D eigenvalue weighted by atomic mass is 16.6. The van der Waals surface area contributed by atoms with Crippen LogP contribution in [0.25, 0.3) is 11.1 Å². The van der Waals surface area contributed by atoms with E-state index >= 15 is 0 Å². The predicted molar refractivity (Wildman–Crippen MR) is 123 cm³/mol. The average molecular weight is 442 g/mol. The number of nitrogen functional groups attached to an aromatic ring is 1. The lowest BCUT2D eigenvalue weighted by molar-refractivity contribution is -0.144. The zero-order valence-corrected chi connectivity index (χ0v) is 19.3. The minimum atomic E-state index is -1.19. The Kier molecular flexibility index (Phi) is 7.51. The van der Waals surface area contributed by atoms with Crippen LogP contribution in [-0.2, 0) is 14.3 Å². The summed E-state index contributed by atoms with van der Waals surface area (Å²) < 4.78 is 10.1. The van der Waals surface area contributed by atoms with Gasteiger partial charge in [-0.05, 0) is 70.0 Å². The lowest BCUT2D eigenvalue weighted by Gasteiger charge is -2.34. The average Bonchev–Trinajstić information content (AvgIpc) is 2.70. The van der Waals surface area contributed by atoms with Gasteiger partial charge in [0.1, 0.15) is 11.6 Å². The van der Waals surface area contributed by atoms with Gasteiger partial charge in [-0.2, -0.15) is 0 Å². The Labute approximate surface area is 188 Å². The number of rotatable bonds is 6. The van der Waals surface area contributed by atoms with Crippen molar-refractivity contribution in [1.82, 2.24) is 10.6 Å². The molecule has 0 saturated heterocycles. The summed E-state index contributed by atoms with van der Waals surface area (Å²) in [5.41, 5.74) is 6.72. The number of hydrogen-bond donors (Lipinski definition) is 3. The van der Waals surface area contributed by atoms with E-state index < -0.39 is 35.2 Å².